The van der Waals surface area contributed by atoms with E-state index in [-0.39, 0.29) is 17.3 Å². The molecule has 1 aliphatic heterocycles. The van der Waals surface area contributed by atoms with Gasteiger partial charge in [0.2, 0.25) is 5.90 Å². The molecule has 0 aliphatic carbocycles. The predicted molar refractivity (Wildman–Crippen MR) is 139 cm³/mol. The minimum atomic E-state index is -0.596. The molecule has 0 aromatic heterocycles. The molecule has 1 aliphatic rings. The van der Waals surface area contributed by atoms with Gasteiger partial charge in [-0.3, -0.25) is 0 Å². The SMILES string of the molecule is CCOc1cc(/C=C2\N=C(c3ccccc3Cl)OC2=O)cc(I)c1OC(=O)c1ccc(Cl)cc1. The van der Waals surface area contributed by atoms with Crippen LogP contribution in [-0.4, -0.2) is 24.4 Å². The number of hydrogen-bond acceptors (Lipinski definition) is 6. The molecular weight excluding hydrogens is 592 g/mol. The Balaban J connectivity index is 1.65. The largest absolute Gasteiger partial charge is 0.490 e. The molecule has 0 saturated carbocycles. The van der Waals surface area contributed by atoms with E-state index in [0.29, 0.717) is 42.7 Å². The number of halogens is 3. The minimum Gasteiger partial charge on any atom is -0.490 e. The maximum absolute atomic E-state index is 12.6. The third kappa shape index (κ3) is 5.43. The summed E-state index contributed by atoms with van der Waals surface area (Å²) in [5.74, 6) is -0.379. The quantitative estimate of drug-likeness (QED) is 0.137. The van der Waals surface area contributed by atoms with Gasteiger partial charge in [-0.2, -0.15) is 0 Å². The molecule has 9 heteroatoms. The van der Waals surface area contributed by atoms with Crippen molar-refractivity contribution in [2.75, 3.05) is 6.61 Å². The van der Waals surface area contributed by atoms with Crippen molar-refractivity contribution < 1.29 is 23.8 Å². The van der Waals surface area contributed by atoms with Gasteiger partial charge in [0.05, 0.1) is 26.3 Å². The second-order valence-corrected chi connectivity index (χ2v) is 8.98. The molecular formula is C25H16Cl2INO5. The van der Waals surface area contributed by atoms with E-state index in [1.165, 1.54) is 0 Å². The van der Waals surface area contributed by atoms with Gasteiger partial charge in [0, 0.05) is 5.02 Å². The van der Waals surface area contributed by atoms with Crippen molar-refractivity contribution in [1.82, 2.24) is 0 Å². The second kappa shape index (κ2) is 10.6. The van der Waals surface area contributed by atoms with E-state index in [9.17, 15) is 9.59 Å². The number of benzene rings is 3. The van der Waals surface area contributed by atoms with Gasteiger partial charge in [-0.05, 0) is 89.7 Å². The summed E-state index contributed by atoms with van der Waals surface area (Å²) in [6.45, 7) is 2.16. The van der Waals surface area contributed by atoms with Gasteiger partial charge in [0.1, 0.15) is 0 Å². The Labute approximate surface area is 219 Å². The molecule has 0 amide bonds. The summed E-state index contributed by atoms with van der Waals surface area (Å²) in [6, 6.07) is 16.8. The van der Waals surface area contributed by atoms with Gasteiger partial charge >= 0.3 is 11.9 Å². The lowest BCUT2D eigenvalue weighted by Crippen LogP contribution is -2.11. The fraction of sp³-hybridized carbons (Fsp3) is 0.0800. The Morgan fingerprint density at radius 3 is 2.56 bits per heavy atom. The number of cyclic esters (lactones) is 1. The van der Waals surface area contributed by atoms with Crippen LogP contribution < -0.4 is 9.47 Å². The molecule has 3 aromatic rings. The minimum absolute atomic E-state index is 0.110. The van der Waals surface area contributed by atoms with Crippen molar-refractivity contribution in [3.8, 4) is 11.5 Å². The summed E-state index contributed by atoms with van der Waals surface area (Å²) < 4.78 is 17.2. The predicted octanol–water partition coefficient (Wildman–Crippen LogP) is 6.56. The summed E-state index contributed by atoms with van der Waals surface area (Å²) in [4.78, 5) is 29.3. The lowest BCUT2D eigenvalue weighted by molar-refractivity contribution is -0.129. The van der Waals surface area contributed by atoms with E-state index in [1.54, 1.807) is 66.7 Å². The third-order valence-electron chi connectivity index (χ3n) is 4.63. The molecule has 0 N–H and O–H groups in total. The Hall–Kier alpha value is -2.88. The number of carbonyl (C=O) groups is 2. The van der Waals surface area contributed by atoms with Crippen LogP contribution in [0.15, 0.2) is 71.4 Å². The van der Waals surface area contributed by atoms with Crippen molar-refractivity contribution >= 4 is 69.7 Å². The maximum atomic E-state index is 12.6. The normalized spacial score (nSPS) is 14.1. The molecule has 34 heavy (non-hydrogen) atoms. The number of hydrogen-bond donors (Lipinski definition) is 0. The number of esters is 2. The van der Waals surface area contributed by atoms with Crippen molar-refractivity contribution in [2.45, 2.75) is 6.92 Å². The van der Waals surface area contributed by atoms with Crippen LogP contribution >= 0.6 is 45.8 Å². The zero-order chi connectivity index (χ0) is 24.2. The first-order valence-electron chi connectivity index (χ1n) is 10.1. The molecule has 0 radical (unpaired) electrons. The van der Waals surface area contributed by atoms with E-state index in [4.69, 9.17) is 37.4 Å². The molecule has 1 heterocycles. The smallest absolute Gasteiger partial charge is 0.363 e. The maximum Gasteiger partial charge on any atom is 0.363 e. The highest BCUT2D eigenvalue weighted by Gasteiger charge is 2.26. The van der Waals surface area contributed by atoms with E-state index in [1.807, 2.05) is 29.5 Å². The number of rotatable bonds is 6. The van der Waals surface area contributed by atoms with E-state index >= 15 is 0 Å². The number of nitrogens with zero attached hydrogens (tertiary/aromatic N) is 1. The first-order chi connectivity index (χ1) is 16.4. The van der Waals surface area contributed by atoms with Crippen LogP contribution in [0.25, 0.3) is 6.08 Å². The van der Waals surface area contributed by atoms with Gasteiger partial charge in [-0.1, -0.05) is 35.3 Å². The van der Waals surface area contributed by atoms with Crippen LogP contribution in [0.5, 0.6) is 11.5 Å². The van der Waals surface area contributed by atoms with Crippen LogP contribution in [0, 0.1) is 3.57 Å². The Bertz CT molecular complexity index is 1340. The lowest BCUT2D eigenvalue weighted by Gasteiger charge is -2.13. The van der Waals surface area contributed by atoms with Gasteiger partial charge in [0.25, 0.3) is 0 Å². The van der Waals surface area contributed by atoms with Crippen LogP contribution in [0.4, 0.5) is 0 Å². The fourth-order valence-electron chi connectivity index (χ4n) is 3.09. The average Bonchev–Trinajstić information content (AvgIpc) is 3.16. The summed E-state index contributed by atoms with van der Waals surface area (Å²) in [5.41, 5.74) is 1.60. The van der Waals surface area contributed by atoms with Crippen LogP contribution in [0.3, 0.4) is 0 Å². The molecule has 4 rings (SSSR count). The average molecular weight is 608 g/mol. The number of ether oxygens (including phenoxy) is 3. The topological polar surface area (TPSA) is 74.2 Å². The molecule has 3 aromatic carbocycles. The highest BCUT2D eigenvalue weighted by atomic mass is 127. The van der Waals surface area contributed by atoms with Crippen molar-refractivity contribution in [1.29, 1.82) is 0 Å². The van der Waals surface area contributed by atoms with Gasteiger partial charge in [0.15, 0.2) is 17.2 Å². The van der Waals surface area contributed by atoms with Gasteiger partial charge in [-0.25, -0.2) is 14.6 Å². The van der Waals surface area contributed by atoms with Crippen LogP contribution in [0.2, 0.25) is 10.0 Å². The third-order valence-corrected chi connectivity index (χ3v) is 6.02. The zero-order valence-corrected chi connectivity index (χ0v) is 21.3. The molecule has 0 spiro atoms. The highest BCUT2D eigenvalue weighted by Crippen LogP contribution is 2.36. The summed E-state index contributed by atoms with van der Waals surface area (Å²) in [7, 11) is 0. The lowest BCUT2D eigenvalue weighted by atomic mass is 10.1. The van der Waals surface area contributed by atoms with Crippen molar-refractivity contribution in [3.63, 3.8) is 0 Å². The summed E-state index contributed by atoms with van der Waals surface area (Å²) >= 11 is 14.1. The fourth-order valence-corrected chi connectivity index (χ4v) is 4.17. The monoisotopic (exact) mass is 607 g/mol. The second-order valence-electron chi connectivity index (χ2n) is 6.98. The first kappa shape index (κ1) is 24.3. The molecule has 0 atom stereocenters. The van der Waals surface area contributed by atoms with Gasteiger partial charge < -0.3 is 14.2 Å². The van der Waals surface area contributed by atoms with Crippen LogP contribution in [-0.2, 0) is 9.53 Å². The first-order valence-corrected chi connectivity index (χ1v) is 11.9. The Morgan fingerprint density at radius 1 is 1.12 bits per heavy atom. The Kier molecular flexibility index (Phi) is 7.55. The zero-order valence-electron chi connectivity index (χ0n) is 17.7. The molecule has 0 unspecified atom stereocenters. The standard InChI is InChI=1S/C25H16Cl2INO5/c1-2-32-21-13-14(11-19(28)22(21)33-24(30)15-7-9-16(26)10-8-15)12-20-25(31)34-23(29-20)17-5-3-4-6-18(17)27/h3-13H,2H2,1H3/b20-12-. The molecule has 0 fully saturated rings. The molecule has 172 valence electrons. The van der Waals surface area contributed by atoms with E-state index in [0.717, 1.165) is 0 Å². The summed E-state index contributed by atoms with van der Waals surface area (Å²) in [5, 5.41) is 0.944. The number of carbonyl (C=O) groups excluding carboxylic acids is 2. The number of aliphatic imine (C=N–C) groups is 1. The molecule has 6 nitrogen and oxygen atoms in total. The summed E-state index contributed by atoms with van der Waals surface area (Å²) in [6.07, 6.45) is 1.57. The molecule has 0 saturated heterocycles. The highest BCUT2D eigenvalue weighted by molar-refractivity contribution is 14.1. The van der Waals surface area contributed by atoms with Crippen molar-refractivity contribution in [2.24, 2.45) is 4.99 Å². The van der Waals surface area contributed by atoms with E-state index in [2.05, 4.69) is 4.99 Å². The Morgan fingerprint density at radius 2 is 1.85 bits per heavy atom. The van der Waals surface area contributed by atoms with Gasteiger partial charge in [-0.15, -0.1) is 0 Å². The van der Waals surface area contributed by atoms with Crippen molar-refractivity contribution in [3.05, 3.63) is 96.7 Å². The van der Waals surface area contributed by atoms with Crippen LogP contribution in [0.1, 0.15) is 28.4 Å². The van der Waals surface area contributed by atoms with E-state index < -0.39 is 11.9 Å². The molecule has 0 bridgehead atoms.